The summed E-state index contributed by atoms with van der Waals surface area (Å²) in [5.74, 6) is 0.536. The molecule has 0 amide bonds. The summed E-state index contributed by atoms with van der Waals surface area (Å²) < 4.78 is 7.47. The van der Waals surface area contributed by atoms with Crippen LogP contribution < -0.4 is 5.56 Å². The summed E-state index contributed by atoms with van der Waals surface area (Å²) in [6.45, 7) is 1.24. The van der Waals surface area contributed by atoms with E-state index in [0.717, 1.165) is 17.6 Å². The van der Waals surface area contributed by atoms with Gasteiger partial charge in [0.25, 0.3) is 5.56 Å². The maximum absolute atomic E-state index is 12.6. The Kier molecular flexibility index (Phi) is 3.97. The third-order valence-electron chi connectivity index (χ3n) is 4.39. The van der Waals surface area contributed by atoms with Gasteiger partial charge in [0.05, 0.1) is 23.8 Å². The van der Waals surface area contributed by atoms with Crippen molar-refractivity contribution in [3.63, 3.8) is 0 Å². The highest BCUT2D eigenvalue weighted by Gasteiger charge is 2.14. The normalized spacial score (nSPS) is 11.8. The van der Waals surface area contributed by atoms with Gasteiger partial charge in [0.2, 0.25) is 10.5 Å². The Balaban J connectivity index is 1.78. The van der Waals surface area contributed by atoms with Crippen LogP contribution >= 0.6 is 12.2 Å². The smallest absolute Gasteiger partial charge is 0.262 e. The molecule has 0 saturated heterocycles. The molecule has 0 bridgehead atoms. The second-order valence-electron chi connectivity index (χ2n) is 6.48. The Morgan fingerprint density at radius 2 is 2.00 bits per heavy atom. The zero-order chi connectivity index (χ0) is 18.4. The first kappa shape index (κ1) is 16.7. The average Bonchev–Trinajstić information content (AvgIpc) is 3.16. The van der Waals surface area contributed by atoms with E-state index in [-0.39, 0.29) is 5.56 Å². The fourth-order valence-corrected chi connectivity index (χ4v) is 3.46. The molecule has 0 atom stereocenters. The van der Waals surface area contributed by atoms with Gasteiger partial charge in [-0.15, -0.1) is 5.10 Å². The molecule has 8 nitrogen and oxygen atoms in total. The predicted molar refractivity (Wildman–Crippen MR) is 101 cm³/mol. The minimum absolute atomic E-state index is 0.0797. The van der Waals surface area contributed by atoms with Crippen LogP contribution in [-0.2, 0) is 27.3 Å². The van der Waals surface area contributed by atoms with E-state index in [1.165, 1.54) is 4.57 Å². The van der Waals surface area contributed by atoms with Crippen molar-refractivity contribution in [2.24, 2.45) is 14.1 Å². The van der Waals surface area contributed by atoms with Gasteiger partial charge in [-0.1, -0.05) is 12.1 Å². The summed E-state index contributed by atoms with van der Waals surface area (Å²) in [5, 5.41) is 9.40. The topological polar surface area (TPSA) is 65.3 Å². The lowest BCUT2D eigenvalue weighted by atomic mass is 10.2. The quantitative estimate of drug-likeness (QED) is 0.511. The molecule has 0 saturated carbocycles. The van der Waals surface area contributed by atoms with Gasteiger partial charge in [-0.3, -0.25) is 23.3 Å². The van der Waals surface area contributed by atoms with Gasteiger partial charge in [0.1, 0.15) is 0 Å². The van der Waals surface area contributed by atoms with Gasteiger partial charge in [-0.05, 0) is 31.4 Å². The van der Waals surface area contributed by atoms with Crippen LogP contribution in [0.3, 0.4) is 0 Å². The number of aryl methyl sites for hydroxylation is 2. The summed E-state index contributed by atoms with van der Waals surface area (Å²) in [4.78, 5) is 14.7. The Morgan fingerprint density at radius 3 is 2.73 bits per heavy atom. The van der Waals surface area contributed by atoms with Crippen LogP contribution in [0.1, 0.15) is 5.56 Å². The molecule has 0 fully saturated rings. The molecule has 3 heterocycles. The molecule has 9 heteroatoms. The molecular formula is C17H19N7OS. The molecule has 0 N–H and O–H groups in total. The second kappa shape index (κ2) is 6.19. The molecule has 0 spiro atoms. The first-order chi connectivity index (χ1) is 12.5. The van der Waals surface area contributed by atoms with Crippen molar-refractivity contribution in [3.05, 3.63) is 57.3 Å². The fraction of sp³-hybridized carbons (Fsp3) is 0.294. The number of para-hydroxylation sites is 1. The number of nitrogens with zero attached hydrogens (tertiary/aromatic N) is 7. The molecule has 0 aliphatic carbocycles. The number of hydrogen-bond acceptors (Lipinski definition) is 5. The van der Waals surface area contributed by atoms with Crippen molar-refractivity contribution in [1.29, 1.82) is 0 Å². The number of aromatic nitrogens is 6. The van der Waals surface area contributed by atoms with Gasteiger partial charge in [-0.2, -0.15) is 5.10 Å². The predicted octanol–water partition coefficient (Wildman–Crippen LogP) is 1.54. The van der Waals surface area contributed by atoms with Gasteiger partial charge in [0, 0.05) is 32.4 Å². The minimum Gasteiger partial charge on any atom is -0.283 e. The number of fused-ring (bicyclic) bond motifs is 3. The lowest BCUT2D eigenvalue weighted by Gasteiger charge is -2.14. The standard InChI is InChI=1S/C17H19N7OS/c1-20(9-12-8-18-21(2)10-12)11-23-17(26)24-14-7-5-4-6-13(14)15(25)22(3)16(24)19-23/h4-8,10H,9,11H2,1-3H3. The molecule has 4 aromatic rings. The number of rotatable bonds is 4. The molecule has 134 valence electrons. The molecule has 0 aliphatic heterocycles. The summed E-state index contributed by atoms with van der Waals surface area (Å²) >= 11 is 5.65. The van der Waals surface area contributed by atoms with Crippen molar-refractivity contribution in [1.82, 2.24) is 33.4 Å². The van der Waals surface area contributed by atoms with Crippen molar-refractivity contribution < 1.29 is 0 Å². The van der Waals surface area contributed by atoms with Crippen LogP contribution in [0.2, 0.25) is 0 Å². The summed E-state index contributed by atoms with van der Waals surface area (Å²) in [6, 6.07) is 7.45. The maximum atomic E-state index is 12.6. The van der Waals surface area contributed by atoms with E-state index in [2.05, 4.69) is 15.1 Å². The van der Waals surface area contributed by atoms with E-state index in [9.17, 15) is 4.79 Å². The molecule has 3 aromatic heterocycles. The van der Waals surface area contributed by atoms with Crippen molar-refractivity contribution in [3.8, 4) is 0 Å². The summed E-state index contributed by atoms with van der Waals surface area (Å²) in [6.07, 6.45) is 3.83. The number of hydrogen-bond donors (Lipinski definition) is 0. The SMILES string of the molecule is CN(Cc1cnn(C)c1)Cn1nc2n(C)c(=O)c3ccccc3n2c1=S. The van der Waals surface area contributed by atoms with E-state index in [0.29, 0.717) is 22.6 Å². The third-order valence-corrected chi connectivity index (χ3v) is 4.78. The van der Waals surface area contributed by atoms with Crippen LogP contribution in [-0.4, -0.2) is 40.5 Å². The fourth-order valence-electron chi connectivity index (χ4n) is 3.18. The Morgan fingerprint density at radius 1 is 1.23 bits per heavy atom. The summed E-state index contributed by atoms with van der Waals surface area (Å²) in [7, 11) is 5.61. The maximum Gasteiger partial charge on any atom is 0.262 e. The Labute approximate surface area is 154 Å². The highest BCUT2D eigenvalue weighted by atomic mass is 32.1. The molecule has 26 heavy (non-hydrogen) atoms. The van der Waals surface area contributed by atoms with E-state index in [1.807, 2.05) is 55.2 Å². The molecule has 4 rings (SSSR count). The average molecular weight is 369 g/mol. The van der Waals surface area contributed by atoms with Crippen molar-refractivity contribution >= 4 is 28.9 Å². The molecule has 0 unspecified atom stereocenters. The van der Waals surface area contributed by atoms with Gasteiger partial charge in [-0.25, -0.2) is 4.68 Å². The monoisotopic (exact) mass is 369 g/mol. The lowest BCUT2D eigenvalue weighted by Crippen LogP contribution is -2.22. The molecular weight excluding hydrogens is 350 g/mol. The summed E-state index contributed by atoms with van der Waals surface area (Å²) in [5.41, 5.74) is 1.81. The van der Waals surface area contributed by atoms with E-state index >= 15 is 0 Å². The first-order valence-electron chi connectivity index (χ1n) is 8.19. The minimum atomic E-state index is -0.0797. The highest BCUT2D eigenvalue weighted by molar-refractivity contribution is 7.71. The van der Waals surface area contributed by atoms with Crippen molar-refractivity contribution in [2.75, 3.05) is 7.05 Å². The van der Waals surface area contributed by atoms with Crippen LogP contribution in [0.5, 0.6) is 0 Å². The molecule has 1 aromatic carbocycles. The second-order valence-corrected chi connectivity index (χ2v) is 6.84. The first-order valence-corrected chi connectivity index (χ1v) is 8.60. The Hall–Kier alpha value is -2.78. The van der Waals surface area contributed by atoms with Crippen LogP contribution in [0.4, 0.5) is 0 Å². The van der Waals surface area contributed by atoms with Crippen LogP contribution in [0.25, 0.3) is 16.7 Å². The Bertz CT molecular complexity index is 1230. The van der Waals surface area contributed by atoms with E-state index < -0.39 is 0 Å². The highest BCUT2D eigenvalue weighted by Crippen LogP contribution is 2.14. The largest absolute Gasteiger partial charge is 0.283 e. The van der Waals surface area contributed by atoms with Crippen LogP contribution in [0.15, 0.2) is 41.5 Å². The zero-order valence-electron chi connectivity index (χ0n) is 14.8. The third kappa shape index (κ3) is 2.65. The van der Waals surface area contributed by atoms with Gasteiger partial charge < -0.3 is 0 Å². The lowest BCUT2D eigenvalue weighted by molar-refractivity contribution is 0.244. The number of benzene rings is 1. The van der Waals surface area contributed by atoms with E-state index in [4.69, 9.17) is 12.2 Å². The van der Waals surface area contributed by atoms with Crippen LogP contribution in [0, 0.1) is 4.77 Å². The molecule has 0 radical (unpaired) electrons. The zero-order valence-corrected chi connectivity index (χ0v) is 15.6. The van der Waals surface area contributed by atoms with Gasteiger partial charge in [0.15, 0.2) is 0 Å². The van der Waals surface area contributed by atoms with Gasteiger partial charge >= 0.3 is 0 Å². The van der Waals surface area contributed by atoms with E-state index in [1.54, 1.807) is 16.4 Å². The molecule has 0 aliphatic rings. The van der Waals surface area contributed by atoms with Crippen molar-refractivity contribution in [2.45, 2.75) is 13.2 Å².